The van der Waals surface area contributed by atoms with Crippen LogP contribution in [0.25, 0.3) is 16.6 Å². The second-order valence-corrected chi connectivity index (χ2v) is 9.70. The molecule has 0 aliphatic heterocycles. The van der Waals surface area contributed by atoms with E-state index in [9.17, 15) is 14.9 Å². The number of carbonyl (C=O) groups excluding carboxylic acids is 1. The molecule has 2 aromatic carbocycles. The van der Waals surface area contributed by atoms with Crippen molar-refractivity contribution in [1.29, 1.82) is 5.26 Å². The topological polar surface area (TPSA) is 87.8 Å². The minimum atomic E-state index is -0.794. The second-order valence-electron chi connectivity index (χ2n) is 8.39. The van der Waals surface area contributed by atoms with Crippen LogP contribution in [0.2, 0.25) is 0 Å². The highest BCUT2D eigenvalue weighted by molar-refractivity contribution is 8.00. The van der Waals surface area contributed by atoms with E-state index in [-0.39, 0.29) is 11.5 Å². The number of benzene rings is 2. The third-order valence-electron chi connectivity index (χ3n) is 5.97. The zero-order valence-corrected chi connectivity index (χ0v) is 19.1. The summed E-state index contributed by atoms with van der Waals surface area (Å²) in [5.41, 5.74) is 1.42. The van der Waals surface area contributed by atoms with Gasteiger partial charge in [-0.25, -0.2) is 4.98 Å². The average Bonchev–Trinajstić information content (AvgIpc) is 2.81. The highest BCUT2D eigenvalue weighted by Gasteiger charge is 2.35. The highest BCUT2D eigenvalue weighted by atomic mass is 32.2. The van der Waals surface area contributed by atoms with Gasteiger partial charge < -0.3 is 5.32 Å². The van der Waals surface area contributed by atoms with Crippen molar-refractivity contribution in [3.63, 3.8) is 0 Å². The molecule has 1 aliphatic rings. The lowest BCUT2D eigenvalue weighted by molar-refractivity contribution is -0.121. The molecule has 1 fully saturated rings. The summed E-state index contributed by atoms with van der Waals surface area (Å²) < 4.78 is 1.57. The molecule has 7 heteroatoms. The Morgan fingerprint density at radius 1 is 1.16 bits per heavy atom. The minimum Gasteiger partial charge on any atom is -0.337 e. The molecule has 1 aliphatic carbocycles. The van der Waals surface area contributed by atoms with Crippen molar-refractivity contribution in [1.82, 2.24) is 14.9 Å². The molecule has 1 saturated carbocycles. The van der Waals surface area contributed by atoms with Gasteiger partial charge in [0.15, 0.2) is 5.16 Å². The first-order valence-electron chi connectivity index (χ1n) is 10.9. The summed E-state index contributed by atoms with van der Waals surface area (Å²) in [7, 11) is 0. The maximum Gasteiger partial charge on any atom is 0.266 e. The number of hydrogen-bond acceptors (Lipinski definition) is 5. The van der Waals surface area contributed by atoms with E-state index in [2.05, 4.69) is 11.4 Å². The maximum absolute atomic E-state index is 13.4. The molecule has 1 amide bonds. The van der Waals surface area contributed by atoms with Crippen LogP contribution >= 0.6 is 11.8 Å². The molecule has 4 rings (SSSR count). The number of hydrogen-bond donors (Lipinski definition) is 1. The number of aromatic nitrogens is 2. The Bertz CT molecular complexity index is 1240. The van der Waals surface area contributed by atoms with Crippen LogP contribution in [0, 0.1) is 18.3 Å². The molecule has 164 valence electrons. The summed E-state index contributed by atoms with van der Waals surface area (Å²) in [5, 5.41) is 13.1. The minimum absolute atomic E-state index is 0.171. The Hall–Kier alpha value is -3.11. The standard InChI is InChI=1S/C25H26N4O2S/c1-17-10-12-19(13-11-17)29-23(31)20-8-4-5-9-21(20)27-24(29)32-18(2)22(30)28-25(16-26)14-6-3-7-15-25/h4-5,8-13,18H,3,6-7,14-15H2,1-2H3,(H,28,30). The van der Waals surface area contributed by atoms with Gasteiger partial charge in [-0.1, -0.05) is 60.9 Å². The number of rotatable bonds is 5. The number of aryl methyl sites for hydroxylation is 1. The molecule has 0 radical (unpaired) electrons. The molecule has 0 bridgehead atoms. The van der Waals surface area contributed by atoms with Crippen molar-refractivity contribution < 1.29 is 4.79 Å². The van der Waals surface area contributed by atoms with Crippen molar-refractivity contribution >= 4 is 28.6 Å². The van der Waals surface area contributed by atoms with Crippen LogP contribution in [-0.2, 0) is 4.79 Å². The lowest BCUT2D eigenvalue weighted by atomic mass is 9.83. The Morgan fingerprint density at radius 3 is 2.53 bits per heavy atom. The van der Waals surface area contributed by atoms with E-state index in [4.69, 9.17) is 4.98 Å². The smallest absolute Gasteiger partial charge is 0.266 e. The molecule has 6 nitrogen and oxygen atoms in total. The molecule has 0 spiro atoms. The zero-order valence-electron chi connectivity index (χ0n) is 18.3. The van der Waals surface area contributed by atoms with Crippen LogP contribution in [-0.4, -0.2) is 26.2 Å². The van der Waals surface area contributed by atoms with Crippen LogP contribution in [0.15, 0.2) is 58.5 Å². The van der Waals surface area contributed by atoms with Gasteiger partial charge in [-0.3, -0.25) is 14.2 Å². The fraction of sp³-hybridized carbons (Fsp3) is 0.360. The summed E-state index contributed by atoms with van der Waals surface area (Å²) >= 11 is 1.23. The molecule has 1 aromatic heterocycles. The maximum atomic E-state index is 13.4. The summed E-state index contributed by atoms with van der Waals surface area (Å²) in [6.07, 6.45) is 4.32. The lowest BCUT2D eigenvalue weighted by Crippen LogP contribution is -2.51. The Kier molecular flexibility index (Phi) is 6.33. The van der Waals surface area contributed by atoms with E-state index in [1.165, 1.54) is 11.8 Å². The van der Waals surface area contributed by atoms with Gasteiger partial charge in [0.2, 0.25) is 5.91 Å². The number of nitrogens with zero attached hydrogens (tertiary/aromatic N) is 3. The summed E-state index contributed by atoms with van der Waals surface area (Å²) in [5.74, 6) is -0.212. The monoisotopic (exact) mass is 446 g/mol. The number of carbonyl (C=O) groups is 1. The Labute approximate surface area is 191 Å². The first-order chi connectivity index (χ1) is 15.4. The molecule has 1 N–H and O–H groups in total. The molecular formula is C25H26N4O2S. The van der Waals surface area contributed by atoms with E-state index in [1.54, 1.807) is 23.6 Å². The van der Waals surface area contributed by atoms with Crippen LogP contribution in [0.5, 0.6) is 0 Å². The van der Waals surface area contributed by atoms with Crippen molar-refractivity contribution in [2.75, 3.05) is 0 Å². The largest absolute Gasteiger partial charge is 0.337 e. The fourth-order valence-electron chi connectivity index (χ4n) is 4.08. The molecular weight excluding hydrogens is 420 g/mol. The van der Waals surface area contributed by atoms with Gasteiger partial charge in [-0.05, 0) is 51.0 Å². The Morgan fingerprint density at radius 2 is 1.84 bits per heavy atom. The van der Waals surface area contributed by atoms with Crippen molar-refractivity contribution in [2.24, 2.45) is 0 Å². The molecule has 1 unspecified atom stereocenters. The van der Waals surface area contributed by atoms with Crippen molar-refractivity contribution in [3.8, 4) is 11.8 Å². The Balaban J connectivity index is 1.69. The van der Waals surface area contributed by atoms with Crippen molar-refractivity contribution in [3.05, 3.63) is 64.4 Å². The first-order valence-corrected chi connectivity index (χ1v) is 11.8. The number of nitrogens with one attached hydrogen (secondary N) is 1. The van der Waals surface area contributed by atoms with Crippen LogP contribution < -0.4 is 10.9 Å². The molecule has 3 aromatic rings. The second kappa shape index (κ2) is 9.17. The van der Waals surface area contributed by atoms with Gasteiger partial charge in [-0.2, -0.15) is 5.26 Å². The third kappa shape index (κ3) is 4.42. The van der Waals surface area contributed by atoms with E-state index in [1.807, 2.05) is 43.3 Å². The van der Waals surface area contributed by atoms with Gasteiger partial charge >= 0.3 is 0 Å². The molecule has 1 atom stereocenters. The first kappa shape index (κ1) is 22.1. The van der Waals surface area contributed by atoms with Crippen LogP contribution in [0.4, 0.5) is 0 Å². The van der Waals surface area contributed by atoms with Crippen LogP contribution in [0.3, 0.4) is 0 Å². The number of amides is 1. The van der Waals surface area contributed by atoms with E-state index in [0.717, 1.165) is 24.8 Å². The predicted molar refractivity (Wildman–Crippen MR) is 127 cm³/mol. The normalized spacial score (nSPS) is 16.3. The summed E-state index contributed by atoms with van der Waals surface area (Å²) in [6, 6.07) is 17.2. The fourth-order valence-corrected chi connectivity index (χ4v) is 5.01. The number of thioether (sulfide) groups is 1. The SMILES string of the molecule is Cc1ccc(-n2c(SC(C)C(=O)NC3(C#N)CCCCC3)nc3ccccc3c2=O)cc1. The number of nitriles is 1. The van der Waals surface area contributed by atoms with Gasteiger partial charge in [0, 0.05) is 0 Å². The number of fused-ring (bicyclic) bond motifs is 1. The molecule has 32 heavy (non-hydrogen) atoms. The summed E-state index contributed by atoms with van der Waals surface area (Å²) in [4.78, 5) is 31.1. The lowest BCUT2D eigenvalue weighted by Gasteiger charge is -2.32. The highest BCUT2D eigenvalue weighted by Crippen LogP contribution is 2.30. The zero-order chi connectivity index (χ0) is 22.7. The van der Waals surface area contributed by atoms with Gasteiger partial charge in [0.1, 0.15) is 5.54 Å². The third-order valence-corrected chi connectivity index (χ3v) is 7.02. The molecule has 1 heterocycles. The van der Waals surface area contributed by atoms with E-state index in [0.29, 0.717) is 34.6 Å². The van der Waals surface area contributed by atoms with Crippen LogP contribution in [0.1, 0.15) is 44.6 Å². The average molecular weight is 447 g/mol. The summed E-state index contributed by atoms with van der Waals surface area (Å²) in [6.45, 7) is 3.78. The van der Waals surface area contributed by atoms with Crippen molar-refractivity contribution in [2.45, 2.75) is 61.9 Å². The number of para-hydroxylation sites is 1. The van der Waals surface area contributed by atoms with E-state index >= 15 is 0 Å². The van der Waals surface area contributed by atoms with Gasteiger partial charge in [0.05, 0.1) is 27.9 Å². The van der Waals surface area contributed by atoms with Gasteiger partial charge in [0.25, 0.3) is 5.56 Å². The van der Waals surface area contributed by atoms with E-state index < -0.39 is 10.8 Å². The van der Waals surface area contributed by atoms with Gasteiger partial charge in [-0.15, -0.1) is 0 Å². The quantitative estimate of drug-likeness (QED) is 0.460. The molecule has 0 saturated heterocycles. The predicted octanol–water partition coefficient (Wildman–Crippen LogP) is 4.52.